The molecule has 54 valence electrons. The van der Waals surface area contributed by atoms with E-state index in [0.29, 0.717) is 6.04 Å². The molecule has 0 aliphatic rings. The summed E-state index contributed by atoms with van der Waals surface area (Å²) in [7, 11) is 3.95. The van der Waals surface area contributed by atoms with Crippen LogP contribution in [-0.4, -0.2) is 36.8 Å². The van der Waals surface area contributed by atoms with E-state index in [-0.39, 0.29) is 6.61 Å². The van der Waals surface area contributed by atoms with Gasteiger partial charge in [0.05, 0.1) is 0 Å². The minimum absolute atomic E-state index is 0.231. The third-order valence-corrected chi connectivity index (χ3v) is 1.36. The highest BCUT2D eigenvalue weighted by Crippen LogP contribution is 1.98. The van der Waals surface area contributed by atoms with Crippen molar-refractivity contribution >= 4 is 0 Å². The van der Waals surface area contributed by atoms with Gasteiger partial charge in [-0.25, -0.2) is 0 Å². The van der Waals surface area contributed by atoms with Crippen molar-refractivity contribution in [1.29, 1.82) is 0 Å². The van der Waals surface area contributed by atoms with Gasteiger partial charge in [0.25, 0.3) is 0 Å². The topological polar surface area (TPSA) is 23.5 Å². The molecule has 0 aromatic rings. The molecular weight excluding hydrogens is 114 g/mol. The van der Waals surface area contributed by atoms with Gasteiger partial charge in [0, 0.05) is 12.6 Å². The number of rotatable bonds is 4. The Labute approximate surface area is 56.8 Å². The first-order chi connectivity index (χ1) is 4.22. The number of aliphatic hydroxyl groups excluding tert-OH is 1. The molecule has 0 amide bonds. The van der Waals surface area contributed by atoms with Gasteiger partial charge < -0.3 is 10.0 Å². The van der Waals surface area contributed by atoms with Gasteiger partial charge in [0.2, 0.25) is 0 Å². The molecule has 1 unspecified atom stereocenters. The molecule has 0 bridgehead atoms. The van der Waals surface area contributed by atoms with E-state index in [4.69, 9.17) is 5.11 Å². The van der Waals surface area contributed by atoms with Crippen molar-refractivity contribution in [3.8, 4) is 0 Å². The van der Waals surface area contributed by atoms with Crippen molar-refractivity contribution < 1.29 is 5.11 Å². The lowest BCUT2D eigenvalue weighted by atomic mass is 10.2. The van der Waals surface area contributed by atoms with Crippen molar-refractivity contribution in [2.75, 3.05) is 20.7 Å². The predicted octanol–water partition coefficient (Wildman–Crippen LogP) is 0.485. The van der Waals surface area contributed by atoms with Crippen molar-refractivity contribution in [3.05, 3.63) is 12.7 Å². The lowest BCUT2D eigenvalue weighted by molar-refractivity contribution is 0.234. The fourth-order valence-electron chi connectivity index (χ4n) is 0.719. The minimum atomic E-state index is 0.231. The molecule has 0 fully saturated rings. The number of hydrogen-bond acceptors (Lipinski definition) is 2. The van der Waals surface area contributed by atoms with Gasteiger partial charge >= 0.3 is 0 Å². The van der Waals surface area contributed by atoms with Crippen molar-refractivity contribution in [2.45, 2.75) is 12.5 Å². The molecule has 0 aromatic carbocycles. The maximum Gasteiger partial charge on any atom is 0.0449 e. The van der Waals surface area contributed by atoms with Crippen LogP contribution in [0.4, 0.5) is 0 Å². The third kappa shape index (κ3) is 3.27. The largest absolute Gasteiger partial charge is 0.396 e. The Morgan fingerprint density at radius 2 is 2.22 bits per heavy atom. The van der Waals surface area contributed by atoms with Crippen LogP contribution in [-0.2, 0) is 0 Å². The lowest BCUT2D eigenvalue weighted by Gasteiger charge is -2.18. The summed E-state index contributed by atoms with van der Waals surface area (Å²) in [5.74, 6) is 0. The molecule has 0 heterocycles. The third-order valence-electron chi connectivity index (χ3n) is 1.36. The van der Waals surface area contributed by atoms with E-state index in [2.05, 4.69) is 6.58 Å². The van der Waals surface area contributed by atoms with Gasteiger partial charge in [0.15, 0.2) is 0 Å². The fourth-order valence-corrected chi connectivity index (χ4v) is 0.719. The summed E-state index contributed by atoms with van der Waals surface area (Å²) in [6, 6.07) is 0.315. The molecule has 0 saturated carbocycles. The van der Waals surface area contributed by atoms with E-state index in [9.17, 15) is 0 Å². The standard InChI is InChI=1S/C7H15NO/c1-4-7(5-6-9)8(2)3/h4,7,9H,1,5-6H2,2-3H3. The first kappa shape index (κ1) is 8.66. The van der Waals surface area contributed by atoms with Gasteiger partial charge in [-0.2, -0.15) is 0 Å². The van der Waals surface area contributed by atoms with Gasteiger partial charge in [0.1, 0.15) is 0 Å². The normalized spacial score (nSPS) is 13.8. The highest BCUT2D eigenvalue weighted by molar-refractivity contribution is 4.84. The van der Waals surface area contributed by atoms with E-state index >= 15 is 0 Å². The molecule has 0 aliphatic heterocycles. The summed E-state index contributed by atoms with van der Waals surface area (Å²) in [6.07, 6.45) is 2.62. The van der Waals surface area contributed by atoms with E-state index in [0.717, 1.165) is 6.42 Å². The quantitative estimate of drug-likeness (QED) is 0.558. The van der Waals surface area contributed by atoms with Gasteiger partial charge in [-0.05, 0) is 20.5 Å². The maximum atomic E-state index is 8.54. The Kier molecular flexibility index (Phi) is 4.36. The average Bonchev–Trinajstić information content (AvgIpc) is 1.82. The van der Waals surface area contributed by atoms with Crippen molar-refractivity contribution in [1.82, 2.24) is 4.90 Å². The molecule has 0 spiro atoms. The summed E-state index contributed by atoms with van der Waals surface area (Å²) in [5, 5.41) is 8.54. The zero-order valence-corrected chi connectivity index (χ0v) is 6.17. The Bertz CT molecular complexity index is 81.0. The lowest BCUT2D eigenvalue weighted by Crippen LogP contribution is -2.26. The molecule has 9 heavy (non-hydrogen) atoms. The summed E-state index contributed by atoms with van der Waals surface area (Å²) in [5.41, 5.74) is 0. The van der Waals surface area contributed by atoms with Crippen LogP contribution in [0.1, 0.15) is 6.42 Å². The summed E-state index contributed by atoms with van der Waals surface area (Å²) >= 11 is 0. The smallest absolute Gasteiger partial charge is 0.0449 e. The number of hydrogen-bond donors (Lipinski definition) is 1. The van der Waals surface area contributed by atoms with Crippen LogP contribution in [0.3, 0.4) is 0 Å². The number of nitrogens with zero attached hydrogens (tertiary/aromatic N) is 1. The zero-order chi connectivity index (χ0) is 7.28. The second-order valence-corrected chi connectivity index (χ2v) is 2.28. The first-order valence-electron chi connectivity index (χ1n) is 3.12. The zero-order valence-electron chi connectivity index (χ0n) is 6.17. The molecular formula is C7H15NO. The highest BCUT2D eigenvalue weighted by Gasteiger charge is 2.03. The van der Waals surface area contributed by atoms with Gasteiger partial charge in [-0.3, -0.25) is 0 Å². The predicted molar refractivity (Wildman–Crippen MR) is 39.4 cm³/mol. The van der Waals surface area contributed by atoms with Crippen LogP contribution in [0.15, 0.2) is 12.7 Å². The van der Waals surface area contributed by atoms with Gasteiger partial charge in [-0.15, -0.1) is 6.58 Å². The van der Waals surface area contributed by atoms with E-state index in [1.165, 1.54) is 0 Å². The van der Waals surface area contributed by atoms with Crippen LogP contribution in [0.25, 0.3) is 0 Å². The van der Waals surface area contributed by atoms with E-state index < -0.39 is 0 Å². The number of likely N-dealkylation sites (N-methyl/N-ethyl adjacent to an activating group) is 1. The molecule has 0 radical (unpaired) electrons. The molecule has 1 atom stereocenters. The molecule has 2 heteroatoms. The maximum absolute atomic E-state index is 8.54. The average molecular weight is 129 g/mol. The van der Waals surface area contributed by atoms with E-state index in [1.807, 2.05) is 25.1 Å². The molecule has 1 N–H and O–H groups in total. The van der Waals surface area contributed by atoms with Crippen LogP contribution in [0.5, 0.6) is 0 Å². The second kappa shape index (κ2) is 4.53. The fraction of sp³-hybridized carbons (Fsp3) is 0.714. The summed E-state index contributed by atoms with van der Waals surface area (Å²) in [6.45, 7) is 3.88. The van der Waals surface area contributed by atoms with Crippen molar-refractivity contribution in [2.24, 2.45) is 0 Å². The molecule has 0 aromatic heterocycles. The van der Waals surface area contributed by atoms with E-state index in [1.54, 1.807) is 0 Å². The summed E-state index contributed by atoms with van der Waals surface area (Å²) < 4.78 is 0. The second-order valence-electron chi connectivity index (χ2n) is 2.28. The Morgan fingerprint density at radius 3 is 2.33 bits per heavy atom. The Balaban J connectivity index is 3.54. The van der Waals surface area contributed by atoms with Crippen LogP contribution in [0.2, 0.25) is 0 Å². The monoisotopic (exact) mass is 129 g/mol. The SMILES string of the molecule is C=CC(CCO)N(C)C. The molecule has 2 nitrogen and oxygen atoms in total. The minimum Gasteiger partial charge on any atom is -0.396 e. The molecule has 0 saturated heterocycles. The summed E-state index contributed by atoms with van der Waals surface area (Å²) in [4.78, 5) is 2.03. The van der Waals surface area contributed by atoms with Gasteiger partial charge in [-0.1, -0.05) is 6.08 Å². The van der Waals surface area contributed by atoms with Crippen molar-refractivity contribution in [3.63, 3.8) is 0 Å². The van der Waals surface area contributed by atoms with Crippen LogP contribution in [0, 0.1) is 0 Å². The first-order valence-corrected chi connectivity index (χ1v) is 3.12. The molecule has 0 rings (SSSR count). The van der Waals surface area contributed by atoms with Crippen LogP contribution < -0.4 is 0 Å². The molecule has 0 aliphatic carbocycles. The Morgan fingerprint density at radius 1 is 1.67 bits per heavy atom. The highest BCUT2D eigenvalue weighted by atomic mass is 16.3. The number of aliphatic hydroxyl groups is 1. The Hall–Kier alpha value is -0.340. The van der Waals surface area contributed by atoms with Crippen LogP contribution >= 0.6 is 0 Å².